The van der Waals surface area contributed by atoms with Crippen LogP contribution >= 0.6 is 0 Å². The summed E-state index contributed by atoms with van der Waals surface area (Å²) in [5, 5.41) is 2.99. The van der Waals surface area contributed by atoms with Gasteiger partial charge in [-0.05, 0) is 12.1 Å². The van der Waals surface area contributed by atoms with Gasteiger partial charge < -0.3 is 5.32 Å². The molecule has 0 saturated carbocycles. The average molecular weight is 343 g/mol. The van der Waals surface area contributed by atoms with E-state index in [0.29, 0.717) is 12.2 Å². The van der Waals surface area contributed by atoms with Gasteiger partial charge in [0.05, 0.1) is 11.1 Å². The Morgan fingerprint density at radius 2 is 1.58 bits per heavy atom. The number of nitrogens with one attached hydrogen (secondary N) is 1. The molecule has 0 heterocycles. The average Bonchev–Trinajstić information content (AvgIpc) is 2.56. The van der Waals surface area contributed by atoms with Crippen LogP contribution in [0.15, 0.2) is 53.9 Å². The summed E-state index contributed by atoms with van der Waals surface area (Å²) in [6.45, 7) is 3.99. The molecule has 0 aliphatic heterocycles. The Kier molecular flexibility index (Phi) is 3.82. The van der Waals surface area contributed by atoms with Crippen LogP contribution in [0.5, 0.6) is 0 Å². The Labute approximate surface area is 138 Å². The Morgan fingerprint density at radius 1 is 1.00 bits per heavy atom. The van der Waals surface area contributed by atoms with Crippen molar-refractivity contribution in [3.63, 3.8) is 0 Å². The van der Waals surface area contributed by atoms with Crippen molar-refractivity contribution in [3.8, 4) is 0 Å². The maximum Gasteiger partial charge on any atom is 0.295 e. The van der Waals surface area contributed by atoms with Gasteiger partial charge >= 0.3 is 0 Å². The van der Waals surface area contributed by atoms with E-state index >= 15 is 0 Å². The lowest BCUT2D eigenvalue weighted by atomic mass is 9.83. The fraction of sp³-hybridized carbons (Fsp3) is 0.0588. The largest absolute Gasteiger partial charge is 0.381 e. The molecule has 7 heteroatoms. The highest BCUT2D eigenvalue weighted by molar-refractivity contribution is 7.86. The third-order valence-corrected chi connectivity index (χ3v) is 4.64. The smallest absolute Gasteiger partial charge is 0.295 e. The van der Waals surface area contributed by atoms with Crippen molar-refractivity contribution < 1.29 is 22.6 Å². The maximum absolute atomic E-state index is 12.8. The second kappa shape index (κ2) is 5.70. The normalized spacial score (nSPS) is 13.2. The highest BCUT2D eigenvalue weighted by Gasteiger charge is 2.35. The summed E-state index contributed by atoms with van der Waals surface area (Å²) in [6, 6.07) is 8.50. The van der Waals surface area contributed by atoms with Crippen LogP contribution in [0, 0.1) is 0 Å². The summed E-state index contributed by atoms with van der Waals surface area (Å²) in [7, 11) is -4.63. The summed E-state index contributed by atoms with van der Waals surface area (Å²) in [5.74, 6) is -1.09. The zero-order chi connectivity index (χ0) is 17.5. The lowest BCUT2D eigenvalue weighted by molar-refractivity contribution is 0.0977. The summed E-state index contributed by atoms with van der Waals surface area (Å²) in [5.41, 5.74) is 0.407. The number of fused-ring (bicyclic) bond motifs is 2. The van der Waals surface area contributed by atoms with Crippen molar-refractivity contribution in [1.82, 2.24) is 0 Å². The predicted molar refractivity (Wildman–Crippen MR) is 88.3 cm³/mol. The van der Waals surface area contributed by atoms with E-state index in [1.807, 2.05) is 0 Å². The van der Waals surface area contributed by atoms with Crippen LogP contribution in [0.1, 0.15) is 31.8 Å². The number of benzene rings is 2. The molecule has 2 N–H and O–H groups in total. The molecule has 24 heavy (non-hydrogen) atoms. The highest BCUT2D eigenvalue weighted by Crippen LogP contribution is 2.34. The van der Waals surface area contributed by atoms with Crippen molar-refractivity contribution in [1.29, 1.82) is 0 Å². The second-order valence-corrected chi connectivity index (χ2v) is 6.60. The van der Waals surface area contributed by atoms with Gasteiger partial charge in [-0.25, -0.2) is 0 Å². The molecule has 1 aliphatic carbocycles. The lowest BCUT2D eigenvalue weighted by Gasteiger charge is -2.21. The van der Waals surface area contributed by atoms with Gasteiger partial charge in [-0.1, -0.05) is 30.3 Å². The zero-order valence-corrected chi connectivity index (χ0v) is 13.3. The van der Waals surface area contributed by atoms with E-state index in [9.17, 15) is 22.6 Å². The van der Waals surface area contributed by atoms with E-state index in [1.165, 1.54) is 18.2 Å². The Balaban J connectivity index is 2.28. The molecule has 2 aromatic rings. The van der Waals surface area contributed by atoms with Crippen molar-refractivity contribution in [2.45, 2.75) is 4.90 Å². The molecule has 0 atom stereocenters. The van der Waals surface area contributed by atoms with E-state index in [-0.39, 0.29) is 22.3 Å². The van der Waals surface area contributed by atoms with Gasteiger partial charge in [0.25, 0.3) is 10.1 Å². The minimum absolute atomic E-state index is 0.0459. The molecule has 1 aliphatic rings. The van der Waals surface area contributed by atoms with Crippen LogP contribution in [0.2, 0.25) is 0 Å². The molecule has 0 fully saturated rings. The van der Waals surface area contributed by atoms with Gasteiger partial charge in [-0.15, -0.1) is 6.58 Å². The van der Waals surface area contributed by atoms with Crippen molar-refractivity contribution in [2.75, 3.05) is 11.9 Å². The minimum Gasteiger partial charge on any atom is -0.381 e. The monoisotopic (exact) mass is 343 g/mol. The standard InChI is InChI=1S/C17H13NO5S/c1-2-9-18-12-7-3-5-10-14(12)16(19)11-6-4-8-13(24(21,22)23)15(11)17(10)20/h2-8,18H,1,9H2,(H,21,22,23). The molecule has 6 nitrogen and oxygen atoms in total. The van der Waals surface area contributed by atoms with Gasteiger partial charge in [0, 0.05) is 23.4 Å². The second-order valence-electron chi connectivity index (χ2n) is 5.21. The first-order valence-corrected chi connectivity index (χ1v) is 8.48. The van der Waals surface area contributed by atoms with Crippen LogP contribution in [0.3, 0.4) is 0 Å². The quantitative estimate of drug-likeness (QED) is 0.557. The number of carbonyl (C=O) groups excluding carboxylic acids is 2. The third-order valence-electron chi connectivity index (χ3n) is 3.75. The predicted octanol–water partition coefficient (Wildman–Crippen LogP) is 2.31. The van der Waals surface area contributed by atoms with Gasteiger partial charge in [-0.3, -0.25) is 14.1 Å². The van der Waals surface area contributed by atoms with Gasteiger partial charge in [0.2, 0.25) is 0 Å². The number of anilines is 1. The van der Waals surface area contributed by atoms with Crippen molar-refractivity contribution in [3.05, 3.63) is 71.3 Å². The fourth-order valence-corrected chi connectivity index (χ4v) is 3.47. The van der Waals surface area contributed by atoms with E-state index in [0.717, 1.165) is 6.07 Å². The van der Waals surface area contributed by atoms with Crippen LogP contribution in [0.25, 0.3) is 0 Å². The molecule has 2 aromatic carbocycles. The number of rotatable bonds is 4. The molecular weight excluding hydrogens is 330 g/mol. The summed E-state index contributed by atoms with van der Waals surface area (Å²) in [4.78, 5) is 25.0. The maximum atomic E-state index is 12.8. The number of hydrogen-bond donors (Lipinski definition) is 2. The van der Waals surface area contributed by atoms with Crippen LogP contribution < -0.4 is 5.32 Å². The van der Waals surface area contributed by atoms with E-state index in [2.05, 4.69) is 11.9 Å². The molecule has 0 unspecified atom stereocenters. The van der Waals surface area contributed by atoms with Crippen LogP contribution in [0.4, 0.5) is 5.69 Å². The molecule has 0 radical (unpaired) electrons. The molecule has 0 aromatic heterocycles. The van der Waals surface area contributed by atoms with Crippen LogP contribution in [-0.4, -0.2) is 31.1 Å². The van der Waals surface area contributed by atoms with Gasteiger partial charge in [0.15, 0.2) is 11.6 Å². The first-order valence-electron chi connectivity index (χ1n) is 7.04. The minimum atomic E-state index is -4.63. The molecule has 0 amide bonds. The zero-order valence-electron chi connectivity index (χ0n) is 12.4. The fourth-order valence-electron chi connectivity index (χ4n) is 2.75. The Morgan fingerprint density at radius 3 is 2.21 bits per heavy atom. The summed E-state index contributed by atoms with van der Waals surface area (Å²) >= 11 is 0. The Hall–Kier alpha value is -2.77. The van der Waals surface area contributed by atoms with E-state index in [4.69, 9.17) is 0 Å². The molecule has 0 bridgehead atoms. The first-order chi connectivity index (χ1) is 11.4. The van der Waals surface area contributed by atoms with Crippen LogP contribution in [-0.2, 0) is 10.1 Å². The van der Waals surface area contributed by atoms with Crippen molar-refractivity contribution in [2.24, 2.45) is 0 Å². The number of ketones is 2. The number of hydrogen-bond acceptors (Lipinski definition) is 5. The highest BCUT2D eigenvalue weighted by atomic mass is 32.2. The Bertz CT molecular complexity index is 992. The third kappa shape index (κ3) is 2.44. The summed E-state index contributed by atoms with van der Waals surface area (Å²) < 4.78 is 32.4. The summed E-state index contributed by atoms with van der Waals surface area (Å²) in [6.07, 6.45) is 1.61. The van der Waals surface area contributed by atoms with Gasteiger partial charge in [-0.2, -0.15) is 8.42 Å². The van der Waals surface area contributed by atoms with Crippen molar-refractivity contribution >= 4 is 27.4 Å². The first kappa shape index (κ1) is 16.1. The number of carbonyl (C=O) groups is 2. The van der Waals surface area contributed by atoms with E-state index in [1.54, 1.807) is 18.2 Å². The molecule has 122 valence electrons. The molecule has 0 saturated heterocycles. The van der Waals surface area contributed by atoms with Gasteiger partial charge in [0.1, 0.15) is 4.90 Å². The topological polar surface area (TPSA) is 101 Å². The molecular formula is C17H13NO5S. The molecule has 0 spiro atoms. The SMILES string of the molecule is C=CCNc1cccc2c1C(=O)c1cccc(S(=O)(=O)O)c1C2=O. The lowest BCUT2D eigenvalue weighted by Crippen LogP contribution is -2.25. The van der Waals surface area contributed by atoms with E-state index < -0.39 is 26.6 Å². The molecule has 3 rings (SSSR count).